The maximum absolute atomic E-state index is 13.1. The Morgan fingerprint density at radius 3 is 2.74 bits per heavy atom. The minimum atomic E-state index is -0.505. The molecule has 8 heteroatoms. The lowest BCUT2D eigenvalue weighted by molar-refractivity contribution is -0.126. The van der Waals surface area contributed by atoms with E-state index in [-0.39, 0.29) is 30.1 Å². The summed E-state index contributed by atoms with van der Waals surface area (Å²) in [6.45, 7) is 1.91. The summed E-state index contributed by atoms with van der Waals surface area (Å²) < 4.78 is 5.95. The van der Waals surface area contributed by atoms with Crippen molar-refractivity contribution >= 4 is 29.1 Å². The van der Waals surface area contributed by atoms with Crippen LogP contribution in [0.3, 0.4) is 0 Å². The van der Waals surface area contributed by atoms with Crippen LogP contribution in [0.5, 0.6) is 0 Å². The van der Waals surface area contributed by atoms with E-state index >= 15 is 0 Å². The fraction of sp³-hybridized carbons (Fsp3) is 0.565. The molecule has 1 amide bonds. The average molecular weight is 446 g/mol. The number of carbonyl (C=O) groups excluding carboxylic acids is 3. The molecule has 168 valence electrons. The molecule has 0 radical (unpaired) electrons. The third-order valence-electron chi connectivity index (χ3n) is 5.87. The lowest BCUT2D eigenvalue weighted by atomic mass is 9.81. The number of imidazole rings is 1. The van der Waals surface area contributed by atoms with E-state index in [1.165, 1.54) is 48.6 Å². The van der Waals surface area contributed by atoms with Crippen LogP contribution in [-0.4, -0.2) is 40.5 Å². The molecule has 1 aliphatic carbocycles. The highest BCUT2D eigenvalue weighted by molar-refractivity contribution is 7.12. The summed E-state index contributed by atoms with van der Waals surface area (Å²) in [6, 6.07) is 3.52. The number of amides is 1. The van der Waals surface area contributed by atoms with Crippen LogP contribution in [0.2, 0.25) is 0 Å². The molecular weight excluding hydrogens is 414 g/mol. The molecule has 0 aromatic carbocycles. The SMILES string of the molecule is COC(=O)n1cnc(C[C@@H](C)NC(=O)[C@@H](CC(=O)c2cccs2)CC2CCCCC2)c1. The van der Waals surface area contributed by atoms with Gasteiger partial charge in [0.25, 0.3) is 0 Å². The first kappa shape index (κ1) is 23.2. The van der Waals surface area contributed by atoms with Crippen LogP contribution in [0.25, 0.3) is 0 Å². The highest BCUT2D eigenvalue weighted by Crippen LogP contribution is 2.31. The number of carbonyl (C=O) groups is 3. The maximum atomic E-state index is 13.1. The van der Waals surface area contributed by atoms with Gasteiger partial charge in [-0.1, -0.05) is 38.2 Å². The van der Waals surface area contributed by atoms with Crippen molar-refractivity contribution in [1.82, 2.24) is 14.9 Å². The first-order valence-corrected chi connectivity index (χ1v) is 11.8. The zero-order valence-electron chi connectivity index (χ0n) is 18.2. The summed E-state index contributed by atoms with van der Waals surface area (Å²) >= 11 is 1.42. The Labute approximate surface area is 187 Å². The van der Waals surface area contributed by atoms with Crippen molar-refractivity contribution in [3.8, 4) is 0 Å². The number of hydrogen-bond donors (Lipinski definition) is 1. The predicted octanol–water partition coefficient (Wildman–Crippen LogP) is 4.47. The van der Waals surface area contributed by atoms with Crippen molar-refractivity contribution in [2.24, 2.45) is 11.8 Å². The van der Waals surface area contributed by atoms with Gasteiger partial charge in [0.2, 0.25) is 5.91 Å². The van der Waals surface area contributed by atoms with Gasteiger partial charge in [0.05, 0.1) is 17.7 Å². The molecule has 1 aliphatic rings. The van der Waals surface area contributed by atoms with Gasteiger partial charge in [0.15, 0.2) is 5.78 Å². The van der Waals surface area contributed by atoms with Crippen LogP contribution in [0.1, 0.15) is 67.2 Å². The van der Waals surface area contributed by atoms with Gasteiger partial charge in [-0.2, -0.15) is 0 Å². The molecule has 1 fully saturated rings. The van der Waals surface area contributed by atoms with E-state index in [1.54, 1.807) is 6.20 Å². The third kappa shape index (κ3) is 6.75. The average Bonchev–Trinajstić information content (AvgIpc) is 3.45. The fourth-order valence-corrected chi connectivity index (χ4v) is 4.95. The minimum absolute atomic E-state index is 0.0374. The Morgan fingerprint density at radius 2 is 2.06 bits per heavy atom. The summed E-state index contributed by atoms with van der Waals surface area (Å²) in [5.74, 6) is 0.144. The number of Topliss-reactive ketones (excluding diaryl/α,β-unsaturated/α-hetero) is 1. The van der Waals surface area contributed by atoms with E-state index < -0.39 is 6.09 Å². The molecule has 0 aliphatic heterocycles. The molecule has 7 nitrogen and oxygen atoms in total. The molecule has 2 aromatic heterocycles. The first-order valence-electron chi connectivity index (χ1n) is 10.9. The van der Waals surface area contributed by atoms with Gasteiger partial charge >= 0.3 is 6.09 Å². The molecule has 2 atom stereocenters. The molecule has 1 saturated carbocycles. The summed E-state index contributed by atoms with van der Waals surface area (Å²) in [6.07, 6.45) is 9.94. The Bertz CT molecular complexity index is 871. The van der Waals surface area contributed by atoms with E-state index in [4.69, 9.17) is 0 Å². The normalized spacial score (nSPS) is 16.5. The van der Waals surface area contributed by atoms with Crippen molar-refractivity contribution in [1.29, 1.82) is 0 Å². The van der Waals surface area contributed by atoms with Gasteiger partial charge in [0.1, 0.15) is 6.33 Å². The Morgan fingerprint density at radius 1 is 1.29 bits per heavy atom. The number of aromatic nitrogens is 2. The van der Waals surface area contributed by atoms with Crippen molar-refractivity contribution in [3.63, 3.8) is 0 Å². The smallest absolute Gasteiger partial charge is 0.418 e. The molecule has 31 heavy (non-hydrogen) atoms. The van der Waals surface area contributed by atoms with Crippen LogP contribution in [0.4, 0.5) is 4.79 Å². The Hall–Kier alpha value is -2.48. The second-order valence-corrected chi connectivity index (χ2v) is 9.35. The molecule has 0 spiro atoms. The summed E-state index contributed by atoms with van der Waals surface area (Å²) in [5.41, 5.74) is 0.691. The highest BCUT2D eigenvalue weighted by Gasteiger charge is 2.28. The van der Waals surface area contributed by atoms with Gasteiger partial charge in [-0.15, -0.1) is 11.3 Å². The van der Waals surface area contributed by atoms with Gasteiger partial charge in [-0.05, 0) is 30.7 Å². The fourth-order valence-electron chi connectivity index (χ4n) is 4.27. The number of nitrogens with zero attached hydrogens (tertiary/aromatic N) is 2. The summed E-state index contributed by atoms with van der Waals surface area (Å²) in [4.78, 5) is 42.3. The zero-order valence-corrected chi connectivity index (χ0v) is 19.0. The molecule has 3 rings (SSSR count). The molecule has 2 aromatic rings. The maximum Gasteiger partial charge on any atom is 0.418 e. The lowest BCUT2D eigenvalue weighted by Gasteiger charge is -2.26. The molecule has 0 bridgehead atoms. The number of ketones is 1. The largest absolute Gasteiger partial charge is 0.452 e. The number of thiophene rings is 1. The number of ether oxygens (including phenoxy) is 1. The van der Waals surface area contributed by atoms with Crippen LogP contribution < -0.4 is 5.32 Å². The standard InChI is InChI=1S/C23H31N3O4S/c1-16(11-19-14-26(15-24-19)23(29)30-2)25-22(28)18(12-17-7-4-3-5-8-17)13-20(27)21-9-6-10-31-21/h6,9-10,14-18H,3-5,7-8,11-13H2,1-2H3,(H,25,28)/t16-,18-/m1/s1. The lowest BCUT2D eigenvalue weighted by Crippen LogP contribution is -2.40. The highest BCUT2D eigenvalue weighted by atomic mass is 32.1. The Balaban J connectivity index is 1.61. The van der Waals surface area contributed by atoms with E-state index in [2.05, 4.69) is 15.0 Å². The van der Waals surface area contributed by atoms with Crippen molar-refractivity contribution in [2.45, 2.75) is 64.3 Å². The first-order chi connectivity index (χ1) is 15.0. The van der Waals surface area contributed by atoms with E-state index in [9.17, 15) is 14.4 Å². The third-order valence-corrected chi connectivity index (χ3v) is 6.78. The molecule has 0 saturated heterocycles. The van der Waals surface area contributed by atoms with Crippen LogP contribution in [0, 0.1) is 11.8 Å². The summed E-state index contributed by atoms with van der Waals surface area (Å²) in [7, 11) is 1.31. The summed E-state index contributed by atoms with van der Waals surface area (Å²) in [5, 5.41) is 4.96. The van der Waals surface area contributed by atoms with E-state index in [0.717, 1.165) is 19.3 Å². The van der Waals surface area contributed by atoms with Crippen molar-refractivity contribution < 1.29 is 19.1 Å². The number of hydrogen-bond acceptors (Lipinski definition) is 6. The Kier molecular flexibility index (Phi) is 8.40. The number of rotatable bonds is 9. The molecule has 0 unspecified atom stereocenters. The predicted molar refractivity (Wildman–Crippen MR) is 119 cm³/mol. The zero-order chi connectivity index (χ0) is 22.2. The molecule has 1 N–H and O–H groups in total. The molecule has 2 heterocycles. The van der Waals surface area contributed by atoms with Crippen molar-refractivity contribution in [3.05, 3.63) is 40.6 Å². The number of methoxy groups -OCH3 is 1. The second kappa shape index (κ2) is 11.2. The van der Waals surface area contributed by atoms with Crippen molar-refractivity contribution in [2.75, 3.05) is 7.11 Å². The minimum Gasteiger partial charge on any atom is -0.452 e. The van der Waals surface area contributed by atoms with Crippen LogP contribution >= 0.6 is 11.3 Å². The van der Waals surface area contributed by atoms with Crippen LogP contribution in [-0.2, 0) is 16.0 Å². The number of nitrogens with one attached hydrogen (secondary N) is 1. The van der Waals surface area contributed by atoms with E-state index in [1.807, 2.05) is 24.4 Å². The molecular formula is C23H31N3O4S. The van der Waals surface area contributed by atoms with Crippen LogP contribution in [0.15, 0.2) is 30.0 Å². The second-order valence-electron chi connectivity index (χ2n) is 8.40. The topological polar surface area (TPSA) is 90.3 Å². The van der Waals surface area contributed by atoms with Gasteiger partial charge < -0.3 is 10.1 Å². The quantitative estimate of drug-likeness (QED) is 0.575. The van der Waals surface area contributed by atoms with Gasteiger partial charge in [-0.25, -0.2) is 14.3 Å². The van der Waals surface area contributed by atoms with E-state index in [0.29, 0.717) is 22.9 Å². The van der Waals surface area contributed by atoms with Gasteiger partial charge in [0, 0.05) is 31.0 Å². The monoisotopic (exact) mass is 445 g/mol. The van der Waals surface area contributed by atoms with Gasteiger partial charge in [-0.3, -0.25) is 9.59 Å².